The van der Waals surface area contributed by atoms with Gasteiger partial charge in [-0.05, 0) is 12.1 Å². The van der Waals surface area contributed by atoms with Crippen molar-refractivity contribution in [2.45, 2.75) is 0 Å². The summed E-state index contributed by atoms with van der Waals surface area (Å²) in [5.41, 5.74) is 0.641. The van der Waals surface area contributed by atoms with Crippen molar-refractivity contribution in [2.75, 3.05) is 25.5 Å². The summed E-state index contributed by atoms with van der Waals surface area (Å²) < 4.78 is 0. The van der Waals surface area contributed by atoms with Crippen molar-refractivity contribution in [3.63, 3.8) is 0 Å². The van der Waals surface area contributed by atoms with Crippen molar-refractivity contribution in [2.24, 2.45) is 0 Å². The van der Waals surface area contributed by atoms with E-state index < -0.39 is 0 Å². The molecule has 5 nitrogen and oxygen atoms in total. The lowest BCUT2D eigenvalue weighted by atomic mass is 10.4. The highest BCUT2D eigenvalue weighted by Gasteiger charge is 2.06. The molecule has 0 saturated carbocycles. The summed E-state index contributed by atoms with van der Waals surface area (Å²) in [5, 5.41) is 11.3. The molecule has 0 spiro atoms. The molecule has 0 unspecified atom stereocenters. The highest BCUT2D eigenvalue weighted by atomic mass is 16.3. The smallest absolute Gasteiger partial charge is 0.321 e. The number of pyridine rings is 1. The molecule has 1 heterocycles. The summed E-state index contributed by atoms with van der Waals surface area (Å²) in [4.78, 5) is 16.6. The van der Waals surface area contributed by atoms with Crippen LogP contribution in [0.25, 0.3) is 0 Å². The van der Waals surface area contributed by atoms with Crippen molar-refractivity contribution in [3.8, 4) is 0 Å². The molecular formula is C9H13N3O2. The van der Waals surface area contributed by atoms with Gasteiger partial charge in [-0.1, -0.05) is 0 Å². The van der Waals surface area contributed by atoms with Crippen LogP contribution in [0, 0.1) is 0 Å². The number of nitrogens with one attached hydrogen (secondary N) is 1. The Hall–Kier alpha value is -1.62. The molecule has 0 radical (unpaired) electrons. The normalized spacial score (nSPS) is 9.57. The monoisotopic (exact) mass is 195 g/mol. The Kier molecular flexibility index (Phi) is 3.87. The van der Waals surface area contributed by atoms with Crippen LogP contribution in [0.1, 0.15) is 0 Å². The predicted octanol–water partition coefficient (Wildman–Crippen LogP) is 0.538. The fourth-order valence-electron chi connectivity index (χ4n) is 0.907. The lowest BCUT2D eigenvalue weighted by molar-refractivity contribution is 0.202. The van der Waals surface area contributed by atoms with Gasteiger partial charge in [0.25, 0.3) is 0 Å². The molecule has 0 saturated heterocycles. The molecule has 0 bridgehead atoms. The van der Waals surface area contributed by atoms with E-state index in [1.54, 1.807) is 31.6 Å². The number of hydrogen-bond acceptors (Lipinski definition) is 3. The number of urea groups is 1. The Bertz CT molecular complexity index is 289. The van der Waals surface area contributed by atoms with E-state index in [0.717, 1.165) is 0 Å². The summed E-state index contributed by atoms with van der Waals surface area (Å²) in [7, 11) is 1.61. The molecule has 5 heteroatoms. The summed E-state index contributed by atoms with van der Waals surface area (Å²) in [6.07, 6.45) is 3.19. The molecule has 14 heavy (non-hydrogen) atoms. The minimum atomic E-state index is -0.257. The number of aliphatic hydroxyl groups is 1. The topological polar surface area (TPSA) is 65.5 Å². The van der Waals surface area contributed by atoms with Crippen LogP contribution in [-0.4, -0.2) is 41.2 Å². The largest absolute Gasteiger partial charge is 0.395 e. The van der Waals surface area contributed by atoms with Gasteiger partial charge in [0.15, 0.2) is 0 Å². The van der Waals surface area contributed by atoms with Gasteiger partial charge in [0.2, 0.25) is 0 Å². The number of carbonyl (C=O) groups excluding carboxylic acids is 1. The van der Waals surface area contributed by atoms with Crippen molar-refractivity contribution < 1.29 is 9.90 Å². The molecular weight excluding hydrogens is 182 g/mol. The van der Waals surface area contributed by atoms with Crippen LogP contribution in [-0.2, 0) is 0 Å². The van der Waals surface area contributed by atoms with Gasteiger partial charge < -0.3 is 15.3 Å². The maximum Gasteiger partial charge on any atom is 0.321 e. The lowest BCUT2D eigenvalue weighted by Crippen LogP contribution is -2.33. The number of likely N-dealkylation sites (N-methyl/N-ethyl adjacent to an activating group) is 1. The highest BCUT2D eigenvalue weighted by Crippen LogP contribution is 2.03. The fourth-order valence-corrected chi connectivity index (χ4v) is 0.907. The van der Waals surface area contributed by atoms with E-state index >= 15 is 0 Å². The standard InChI is InChI=1S/C9H13N3O2/c1-12(5-6-13)9(14)11-8-3-2-4-10-7-8/h2-4,7,13H,5-6H2,1H3,(H,11,14). The summed E-state index contributed by atoms with van der Waals surface area (Å²) in [6.45, 7) is 0.267. The number of carbonyl (C=O) groups is 1. The third-order valence-electron chi connectivity index (χ3n) is 1.69. The van der Waals surface area contributed by atoms with E-state index in [1.165, 1.54) is 4.90 Å². The van der Waals surface area contributed by atoms with E-state index in [1.807, 2.05) is 0 Å². The van der Waals surface area contributed by atoms with E-state index in [2.05, 4.69) is 10.3 Å². The van der Waals surface area contributed by atoms with Gasteiger partial charge in [0.05, 0.1) is 18.5 Å². The van der Waals surface area contributed by atoms with Gasteiger partial charge >= 0.3 is 6.03 Å². The summed E-state index contributed by atoms with van der Waals surface area (Å²) in [5.74, 6) is 0. The Morgan fingerprint density at radius 3 is 3.07 bits per heavy atom. The van der Waals surface area contributed by atoms with Crippen LogP contribution in [0.4, 0.5) is 10.5 Å². The predicted molar refractivity (Wildman–Crippen MR) is 53.0 cm³/mol. The van der Waals surface area contributed by atoms with Crippen LogP contribution in [0.5, 0.6) is 0 Å². The average molecular weight is 195 g/mol. The molecule has 2 N–H and O–H groups in total. The first-order valence-electron chi connectivity index (χ1n) is 4.27. The average Bonchev–Trinajstić information content (AvgIpc) is 2.19. The van der Waals surface area contributed by atoms with Crippen molar-refractivity contribution >= 4 is 11.7 Å². The minimum absolute atomic E-state index is 0.0447. The van der Waals surface area contributed by atoms with Crippen molar-refractivity contribution in [3.05, 3.63) is 24.5 Å². The molecule has 0 aliphatic heterocycles. The zero-order valence-corrected chi connectivity index (χ0v) is 7.97. The first-order valence-corrected chi connectivity index (χ1v) is 4.27. The Labute approximate surface area is 82.4 Å². The van der Waals surface area contributed by atoms with Gasteiger partial charge in [-0.2, -0.15) is 0 Å². The van der Waals surface area contributed by atoms with Crippen LogP contribution in [0.2, 0.25) is 0 Å². The van der Waals surface area contributed by atoms with Gasteiger partial charge in [-0.25, -0.2) is 4.79 Å². The highest BCUT2D eigenvalue weighted by molar-refractivity contribution is 5.88. The third-order valence-corrected chi connectivity index (χ3v) is 1.69. The first kappa shape index (κ1) is 10.5. The molecule has 1 aromatic heterocycles. The number of anilines is 1. The zero-order valence-electron chi connectivity index (χ0n) is 7.97. The quantitative estimate of drug-likeness (QED) is 0.739. The van der Waals surface area contributed by atoms with Crippen LogP contribution < -0.4 is 5.32 Å². The molecule has 0 aliphatic carbocycles. The number of rotatable bonds is 3. The fraction of sp³-hybridized carbons (Fsp3) is 0.333. The molecule has 1 aromatic rings. The maximum absolute atomic E-state index is 11.4. The van der Waals surface area contributed by atoms with E-state index in [4.69, 9.17) is 5.11 Å². The van der Waals surface area contributed by atoms with Crippen LogP contribution in [0.3, 0.4) is 0 Å². The molecule has 0 fully saturated rings. The molecule has 2 amide bonds. The summed E-state index contributed by atoms with van der Waals surface area (Å²) >= 11 is 0. The number of aromatic nitrogens is 1. The minimum Gasteiger partial charge on any atom is -0.395 e. The van der Waals surface area contributed by atoms with E-state index in [0.29, 0.717) is 12.2 Å². The summed E-state index contributed by atoms with van der Waals surface area (Å²) in [6, 6.07) is 3.23. The van der Waals surface area contributed by atoms with Crippen molar-refractivity contribution in [1.82, 2.24) is 9.88 Å². The molecule has 0 aliphatic rings. The number of aliphatic hydroxyl groups excluding tert-OH is 1. The van der Waals surface area contributed by atoms with Gasteiger partial charge in [-0.3, -0.25) is 4.98 Å². The number of nitrogens with zero attached hydrogens (tertiary/aromatic N) is 2. The molecule has 76 valence electrons. The van der Waals surface area contributed by atoms with Gasteiger partial charge in [0, 0.05) is 19.8 Å². The molecule has 0 aromatic carbocycles. The van der Waals surface area contributed by atoms with E-state index in [-0.39, 0.29) is 12.6 Å². The van der Waals surface area contributed by atoms with Crippen LogP contribution in [0.15, 0.2) is 24.5 Å². The van der Waals surface area contributed by atoms with Crippen LogP contribution >= 0.6 is 0 Å². The van der Waals surface area contributed by atoms with Crippen molar-refractivity contribution in [1.29, 1.82) is 0 Å². The first-order chi connectivity index (χ1) is 6.74. The van der Waals surface area contributed by atoms with Gasteiger partial charge in [-0.15, -0.1) is 0 Å². The molecule has 0 atom stereocenters. The second kappa shape index (κ2) is 5.18. The Morgan fingerprint density at radius 1 is 1.71 bits per heavy atom. The Balaban J connectivity index is 2.49. The third kappa shape index (κ3) is 3.02. The van der Waals surface area contributed by atoms with Gasteiger partial charge in [0.1, 0.15) is 0 Å². The zero-order chi connectivity index (χ0) is 10.4. The number of hydrogen-bond donors (Lipinski definition) is 2. The second-order valence-corrected chi connectivity index (χ2v) is 2.82. The molecule has 1 rings (SSSR count). The number of amides is 2. The van der Waals surface area contributed by atoms with E-state index in [9.17, 15) is 4.79 Å². The lowest BCUT2D eigenvalue weighted by Gasteiger charge is -2.16. The maximum atomic E-state index is 11.4. The second-order valence-electron chi connectivity index (χ2n) is 2.82. The SMILES string of the molecule is CN(CCO)C(=O)Nc1cccnc1. The Morgan fingerprint density at radius 2 is 2.50 bits per heavy atom.